The highest BCUT2D eigenvalue weighted by Crippen LogP contribution is 2.29. The minimum atomic E-state index is -0.485. The van der Waals surface area contributed by atoms with Crippen molar-refractivity contribution in [2.75, 3.05) is 0 Å². The standard InChI is InChI=1S/C23H25BrN4O4/c1-5-14(3)22-26-19-9-8-17(24)12-18(19)23(29)27(22)25-13-16-7-10-21(32-15(4)6-2)20(11-16)28(30)31/h7-15H,5-6H2,1-4H3/t14-,15-/m0/s1. The molecule has 9 heteroatoms. The molecule has 1 heterocycles. The van der Waals surface area contributed by atoms with Crippen molar-refractivity contribution in [3.8, 4) is 5.75 Å². The first-order valence-corrected chi connectivity index (χ1v) is 11.3. The Hall–Kier alpha value is -3.07. The summed E-state index contributed by atoms with van der Waals surface area (Å²) in [5, 5.41) is 16.4. The molecule has 0 radical (unpaired) electrons. The summed E-state index contributed by atoms with van der Waals surface area (Å²) in [6.07, 6.45) is 2.79. The Labute approximate surface area is 194 Å². The van der Waals surface area contributed by atoms with Crippen LogP contribution in [0.25, 0.3) is 10.9 Å². The van der Waals surface area contributed by atoms with E-state index < -0.39 is 4.92 Å². The van der Waals surface area contributed by atoms with E-state index in [4.69, 9.17) is 4.74 Å². The molecule has 0 N–H and O–H groups in total. The fourth-order valence-electron chi connectivity index (χ4n) is 3.06. The molecule has 32 heavy (non-hydrogen) atoms. The van der Waals surface area contributed by atoms with Gasteiger partial charge in [-0.15, -0.1) is 0 Å². The Bertz CT molecular complexity index is 1240. The van der Waals surface area contributed by atoms with Crippen LogP contribution in [0.2, 0.25) is 0 Å². The zero-order valence-electron chi connectivity index (χ0n) is 18.4. The second-order valence-corrected chi connectivity index (χ2v) is 8.54. The van der Waals surface area contributed by atoms with Gasteiger partial charge in [0.25, 0.3) is 5.56 Å². The van der Waals surface area contributed by atoms with Crippen molar-refractivity contribution in [2.24, 2.45) is 5.10 Å². The van der Waals surface area contributed by atoms with Crippen molar-refractivity contribution >= 4 is 38.7 Å². The molecule has 3 rings (SSSR count). The van der Waals surface area contributed by atoms with Crippen LogP contribution in [0.5, 0.6) is 5.75 Å². The molecule has 2 aromatic carbocycles. The zero-order valence-corrected chi connectivity index (χ0v) is 20.0. The molecule has 168 valence electrons. The molecule has 0 amide bonds. The number of nitro benzene ring substituents is 1. The first-order valence-electron chi connectivity index (χ1n) is 10.5. The third-order valence-electron chi connectivity index (χ3n) is 5.29. The Morgan fingerprint density at radius 2 is 1.97 bits per heavy atom. The smallest absolute Gasteiger partial charge is 0.311 e. The van der Waals surface area contributed by atoms with E-state index in [0.717, 1.165) is 17.3 Å². The zero-order chi connectivity index (χ0) is 23.4. The molecule has 0 spiro atoms. The van der Waals surface area contributed by atoms with Gasteiger partial charge in [0.15, 0.2) is 5.75 Å². The van der Waals surface area contributed by atoms with Gasteiger partial charge in [0, 0.05) is 22.0 Å². The van der Waals surface area contributed by atoms with Gasteiger partial charge in [-0.3, -0.25) is 14.9 Å². The van der Waals surface area contributed by atoms with E-state index in [1.165, 1.54) is 17.0 Å². The first-order chi connectivity index (χ1) is 15.2. The van der Waals surface area contributed by atoms with Crippen molar-refractivity contribution in [1.29, 1.82) is 0 Å². The molecule has 8 nitrogen and oxygen atoms in total. The number of rotatable bonds is 8. The molecule has 0 saturated carbocycles. The summed E-state index contributed by atoms with van der Waals surface area (Å²) in [6.45, 7) is 7.79. The minimum Gasteiger partial charge on any atom is -0.484 e. The van der Waals surface area contributed by atoms with Crippen LogP contribution < -0.4 is 10.3 Å². The molecule has 2 atom stereocenters. The summed E-state index contributed by atoms with van der Waals surface area (Å²) in [5.41, 5.74) is 0.630. The maximum atomic E-state index is 13.2. The van der Waals surface area contributed by atoms with Crippen LogP contribution in [0.4, 0.5) is 5.69 Å². The maximum Gasteiger partial charge on any atom is 0.311 e. The predicted octanol–water partition coefficient (Wildman–Crippen LogP) is 5.64. The predicted molar refractivity (Wildman–Crippen MR) is 129 cm³/mol. The normalized spacial score (nSPS) is 13.4. The molecule has 1 aromatic heterocycles. The average molecular weight is 501 g/mol. The van der Waals surface area contributed by atoms with Crippen LogP contribution in [0.15, 0.2) is 50.8 Å². The number of hydrogen-bond donors (Lipinski definition) is 0. The lowest BCUT2D eigenvalue weighted by molar-refractivity contribution is -0.386. The van der Waals surface area contributed by atoms with Crippen molar-refractivity contribution in [3.63, 3.8) is 0 Å². The maximum absolute atomic E-state index is 13.2. The topological polar surface area (TPSA) is 99.6 Å². The number of fused-ring (bicyclic) bond motifs is 1. The highest BCUT2D eigenvalue weighted by atomic mass is 79.9. The van der Waals surface area contributed by atoms with Crippen LogP contribution in [0.3, 0.4) is 0 Å². The van der Waals surface area contributed by atoms with Crippen LogP contribution >= 0.6 is 15.9 Å². The molecular weight excluding hydrogens is 476 g/mol. The number of hydrogen-bond acceptors (Lipinski definition) is 6. The highest BCUT2D eigenvalue weighted by molar-refractivity contribution is 9.10. The van der Waals surface area contributed by atoms with E-state index >= 15 is 0 Å². The Morgan fingerprint density at radius 1 is 1.22 bits per heavy atom. The fraction of sp³-hybridized carbons (Fsp3) is 0.348. The first kappa shape index (κ1) is 23.6. The van der Waals surface area contributed by atoms with Crippen molar-refractivity contribution < 1.29 is 9.66 Å². The third-order valence-corrected chi connectivity index (χ3v) is 5.78. The lowest BCUT2D eigenvalue weighted by atomic mass is 10.1. The Kier molecular flexibility index (Phi) is 7.40. The summed E-state index contributed by atoms with van der Waals surface area (Å²) in [4.78, 5) is 28.9. The monoisotopic (exact) mass is 500 g/mol. The number of benzene rings is 2. The van der Waals surface area contributed by atoms with Crippen molar-refractivity contribution in [1.82, 2.24) is 9.66 Å². The molecular formula is C23H25BrN4O4. The summed E-state index contributed by atoms with van der Waals surface area (Å²) < 4.78 is 7.70. The summed E-state index contributed by atoms with van der Waals surface area (Å²) in [7, 11) is 0. The van der Waals surface area contributed by atoms with Gasteiger partial charge in [0.05, 0.1) is 28.1 Å². The van der Waals surface area contributed by atoms with Gasteiger partial charge in [0.1, 0.15) is 5.82 Å². The van der Waals surface area contributed by atoms with Crippen molar-refractivity contribution in [2.45, 2.75) is 52.6 Å². The second kappa shape index (κ2) is 10.0. The highest BCUT2D eigenvalue weighted by Gasteiger charge is 2.18. The van der Waals surface area contributed by atoms with Crippen LogP contribution in [0.1, 0.15) is 57.8 Å². The SMILES string of the molecule is CC[C@H](C)Oc1ccc(C=Nn2c([C@@H](C)CC)nc3ccc(Br)cc3c2=O)cc1[N+](=O)[O-]. The Morgan fingerprint density at radius 3 is 2.62 bits per heavy atom. The van der Waals surface area contributed by atoms with Crippen LogP contribution in [0, 0.1) is 10.1 Å². The van der Waals surface area contributed by atoms with Gasteiger partial charge in [-0.1, -0.05) is 36.7 Å². The van der Waals surface area contributed by atoms with E-state index in [1.807, 2.05) is 33.8 Å². The summed E-state index contributed by atoms with van der Waals surface area (Å²) in [5.74, 6) is 0.736. The lowest BCUT2D eigenvalue weighted by Gasteiger charge is -2.14. The number of ether oxygens (including phenoxy) is 1. The second-order valence-electron chi connectivity index (χ2n) is 7.62. The van der Waals surface area contributed by atoms with Crippen molar-refractivity contribution in [3.05, 3.63) is 72.7 Å². The minimum absolute atomic E-state index is 0.00598. The van der Waals surface area contributed by atoms with Gasteiger partial charge in [0.2, 0.25) is 0 Å². The van der Waals surface area contributed by atoms with E-state index in [-0.39, 0.29) is 29.0 Å². The largest absolute Gasteiger partial charge is 0.484 e. The lowest BCUT2D eigenvalue weighted by Crippen LogP contribution is -2.23. The summed E-state index contributed by atoms with van der Waals surface area (Å²) in [6, 6.07) is 9.96. The van der Waals surface area contributed by atoms with Crippen LogP contribution in [-0.2, 0) is 0 Å². The van der Waals surface area contributed by atoms with E-state index in [0.29, 0.717) is 22.3 Å². The molecule has 0 unspecified atom stereocenters. The van der Waals surface area contributed by atoms with Crippen LogP contribution in [-0.4, -0.2) is 26.9 Å². The number of aromatic nitrogens is 2. The van der Waals surface area contributed by atoms with E-state index in [9.17, 15) is 14.9 Å². The summed E-state index contributed by atoms with van der Waals surface area (Å²) >= 11 is 3.39. The average Bonchev–Trinajstić information content (AvgIpc) is 2.78. The molecule has 0 aliphatic carbocycles. The van der Waals surface area contributed by atoms with Gasteiger partial charge >= 0.3 is 5.69 Å². The van der Waals surface area contributed by atoms with E-state index in [1.54, 1.807) is 24.3 Å². The van der Waals surface area contributed by atoms with Gasteiger partial charge in [-0.2, -0.15) is 9.78 Å². The molecule has 0 fully saturated rings. The fourth-order valence-corrected chi connectivity index (χ4v) is 3.42. The number of nitro groups is 1. The quantitative estimate of drug-likeness (QED) is 0.226. The molecule has 0 saturated heterocycles. The number of nitrogens with zero attached hydrogens (tertiary/aromatic N) is 4. The van der Waals surface area contributed by atoms with Gasteiger partial charge in [-0.05, 0) is 50.1 Å². The molecule has 0 aliphatic rings. The molecule has 3 aromatic rings. The molecule has 0 bridgehead atoms. The van der Waals surface area contributed by atoms with Gasteiger partial charge in [-0.25, -0.2) is 4.98 Å². The van der Waals surface area contributed by atoms with Gasteiger partial charge < -0.3 is 4.74 Å². The van der Waals surface area contributed by atoms with E-state index in [2.05, 4.69) is 26.0 Å². The Balaban J connectivity index is 2.09. The molecule has 0 aliphatic heterocycles. The third kappa shape index (κ3) is 5.04. The number of halogens is 1.